The molecule has 4 heterocycles. The summed E-state index contributed by atoms with van der Waals surface area (Å²) >= 11 is 1.48. The van der Waals surface area contributed by atoms with Gasteiger partial charge in [-0.3, -0.25) is 4.79 Å². The number of amides is 1. The van der Waals surface area contributed by atoms with Crippen molar-refractivity contribution in [1.82, 2.24) is 20.3 Å². The Hall–Kier alpha value is -4.37. The zero-order chi connectivity index (χ0) is 30.9. The summed E-state index contributed by atoms with van der Waals surface area (Å²) in [4.78, 5) is 46.5. The largest absolute Gasteiger partial charge is 0.490 e. The molecule has 1 saturated heterocycles. The molecule has 43 heavy (non-hydrogen) atoms. The van der Waals surface area contributed by atoms with Gasteiger partial charge >= 0.3 is 17.8 Å². The molecule has 2 aliphatic heterocycles. The molecule has 1 fully saturated rings. The van der Waals surface area contributed by atoms with Crippen molar-refractivity contribution in [2.24, 2.45) is 0 Å². The molecule has 5 N–H and O–H groups in total. The lowest BCUT2D eigenvalue weighted by molar-refractivity contribution is -0.192. The molecule has 228 valence electrons. The standard InChI is InChI=1S/C26H28N6O3S.C2HF3O2/c1-26(2)13-21-22(23(33)31-26)36-25(30-21)32-8-9-35-14-18(32)11-15-4-3-5-16(10-15)27-17-6-7-19-20(12-17)29-24(34)28-19;3-2(4,5)1(6)7/h3-7,10,12,18,27H,8-9,11,13-14H2,1-2H3,(H,31,33)(H2,28,29,34);(H,6,7). The van der Waals surface area contributed by atoms with Gasteiger partial charge in [-0.1, -0.05) is 23.5 Å². The average Bonchev–Trinajstić information content (AvgIpc) is 3.51. The number of fused-ring (bicyclic) bond motifs is 2. The minimum Gasteiger partial charge on any atom is -0.475 e. The SMILES string of the molecule is CC1(C)Cc2nc(N3CCOCC3Cc3cccc(Nc4ccc5[nH]c(=O)[nH]c5c4)c3)sc2C(=O)N1.O=C(O)C(F)(F)F. The Kier molecular flexibility index (Phi) is 8.21. The van der Waals surface area contributed by atoms with E-state index in [1.165, 1.54) is 16.9 Å². The van der Waals surface area contributed by atoms with Crippen LogP contribution in [0.1, 0.15) is 34.8 Å². The highest BCUT2D eigenvalue weighted by molar-refractivity contribution is 7.17. The zero-order valence-corrected chi connectivity index (χ0v) is 24.0. The Morgan fingerprint density at radius 1 is 1.16 bits per heavy atom. The summed E-state index contributed by atoms with van der Waals surface area (Å²) < 4.78 is 37.6. The van der Waals surface area contributed by atoms with E-state index in [0.717, 1.165) is 57.5 Å². The van der Waals surface area contributed by atoms with Crippen LogP contribution in [0.15, 0.2) is 47.3 Å². The number of thiazole rings is 1. The molecule has 2 aromatic carbocycles. The number of halogens is 3. The molecule has 6 rings (SSSR count). The molecule has 1 atom stereocenters. The fourth-order valence-electron chi connectivity index (χ4n) is 4.99. The monoisotopic (exact) mass is 618 g/mol. The summed E-state index contributed by atoms with van der Waals surface area (Å²) in [6, 6.07) is 14.2. The number of H-pyrrole nitrogens is 2. The Labute approximate surface area is 247 Å². The number of carboxylic acids is 1. The topological polar surface area (TPSA) is 152 Å². The molecule has 1 unspecified atom stereocenters. The Morgan fingerprint density at radius 2 is 1.88 bits per heavy atom. The van der Waals surface area contributed by atoms with Gasteiger partial charge in [-0.25, -0.2) is 14.6 Å². The van der Waals surface area contributed by atoms with Gasteiger partial charge in [0.25, 0.3) is 5.91 Å². The summed E-state index contributed by atoms with van der Waals surface area (Å²) in [6.45, 7) is 6.05. The van der Waals surface area contributed by atoms with Crippen LogP contribution < -0.4 is 21.2 Å². The number of imidazole rings is 1. The maximum atomic E-state index is 12.6. The van der Waals surface area contributed by atoms with E-state index in [2.05, 4.69) is 37.6 Å². The number of anilines is 3. The zero-order valence-electron chi connectivity index (χ0n) is 23.2. The number of aliphatic carboxylic acids is 1. The molecule has 2 aliphatic rings. The van der Waals surface area contributed by atoms with Gasteiger partial charge in [-0.15, -0.1) is 0 Å². The molecular weight excluding hydrogens is 589 g/mol. The molecule has 0 radical (unpaired) electrons. The molecule has 0 bridgehead atoms. The number of carbonyl (C=O) groups excluding carboxylic acids is 1. The fraction of sp³-hybridized carbons (Fsp3) is 0.357. The summed E-state index contributed by atoms with van der Waals surface area (Å²) in [5, 5.41) is 14.5. The Balaban J connectivity index is 0.000000472. The van der Waals surface area contributed by atoms with Crippen LogP contribution in [0.25, 0.3) is 11.0 Å². The second-order valence-electron chi connectivity index (χ2n) is 10.9. The van der Waals surface area contributed by atoms with Crippen LogP contribution >= 0.6 is 11.3 Å². The lowest BCUT2D eigenvalue weighted by Gasteiger charge is -2.35. The van der Waals surface area contributed by atoms with E-state index in [1.807, 2.05) is 44.2 Å². The number of hydrogen-bond donors (Lipinski definition) is 5. The van der Waals surface area contributed by atoms with Crippen LogP contribution in [-0.2, 0) is 22.4 Å². The molecule has 0 saturated carbocycles. The van der Waals surface area contributed by atoms with Gasteiger partial charge in [0.1, 0.15) is 4.88 Å². The molecule has 1 amide bonds. The molecule has 15 heteroatoms. The predicted molar refractivity (Wildman–Crippen MR) is 155 cm³/mol. The minimum atomic E-state index is -5.08. The van der Waals surface area contributed by atoms with Gasteiger partial charge in [-0.2, -0.15) is 13.2 Å². The van der Waals surface area contributed by atoms with Gasteiger partial charge in [0.15, 0.2) is 5.13 Å². The number of carbonyl (C=O) groups is 2. The van der Waals surface area contributed by atoms with Crippen molar-refractivity contribution in [1.29, 1.82) is 0 Å². The maximum absolute atomic E-state index is 12.6. The van der Waals surface area contributed by atoms with E-state index in [4.69, 9.17) is 19.6 Å². The number of ether oxygens (including phenoxy) is 1. The van der Waals surface area contributed by atoms with Gasteiger partial charge < -0.3 is 35.3 Å². The Morgan fingerprint density at radius 3 is 2.63 bits per heavy atom. The number of aromatic amines is 2. The molecule has 11 nitrogen and oxygen atoms in total. The van der Waals surface area contributed by atoms with Gasteiger partial charge in [0, 0.05) is 29.9 Å². The van der Waals surface area contributed by atoms with Crippen molar-refractivity contribution in [3.8, 4) is 0 Å². The normalized spacial score (nSPS) is 17.9. The fourth-order valence-corrected chi connectivity index (χ4v) is 6.06. The highest BCUT2D eigenvalue weighted by Gasteiger charge is 2.38. The second kappa shape index (κ2) is 11.7. The molecular formula is C28H29F3N6O5S. The summed E-state index contributed by atoms with van der Waals surface area (Å²) in [7, 11) is 0. The molecule has 4 aromatic rings. The van der Waals surface area contributed by atoms with E-state index in [1.54, 1.807) is 0 Å². The first-order valence-electron chi connectivity index (χ1n) is 13.3. The first kappa shape index (κ1) is 30.1. The third kappa shape index (κ3) is 7.17. The number of morpholine rings is 1. The van der Waals surface area contributed by atoms with Crippen LogP contribution in [0.2, 0.25) is 0 Å². The highest BCUT2D eigenvalue weighted by atomic mass is 32.1. The predicted octanol–water partition coefficient (Wildman–Crippen LogP) is 4.20. The third-order valence-electron chi connectivity index (χ3n) is 6.87. The van der Waals surface area contributed by atoms with Crippen molar-refractivity contribution in [2.75, 3.05) is 30.0 Å². The number of nitrogens with one attached hydrogen (secondary N) is 4. The summed E-state index contributed by atoms with van der Waals surface area (Å²) in [5.74, 6) is -2.79. The van der Waals surface area contributed by atoms with E-state index in [9.17, 15) is 22.8 Å². The van der Waals surface area contributed by atoms with Crippen LogP contribution in [0, 0.1) is 0 Å². The van der Waals surface area contributed by atoms with Gasteiger partial charge in [0.05, 0.1) is 36.0 Å². The lowest BCUT2D eigenvalue weighted by atomic mass is 9.94. The number of aromatic nitrogens is 3. The van der Waals surface area contributed by atoms with Gasteiger partial charge in [0.2, 0.25) is 0 Å². The number of nitrogens with zero attached hydrogens (tertiary/aromatic N) is 2. The maximum Gasteiger partial charge on any atom is 0.490 e. The smallest absolute Gasteiger partial charge is 0.475 e. The van der Waals surface area contributed by atoms with Crippen molar-refractivity contribution < 1.29 is 32.6 Å². The quantitative estimate of drug-likeness (QED) is 0.223. The van der Waals surface area contributed by atoms with Crippen LogP contribution in [-0.4, -0.2) is 69.5 Å². The van der Waals surface area contributed by atoms with E-state index in [0.29, 0.717) is 13.2 Å². The number of benzene rings is 2. The van der Waals surface area contributed by atoms with Crippen molar-refractivity contribution in [3.63, 3.8) is 0 Å². The number of alkyl halides is 3. The van der Waals surface area contributed by atoms with E-state index in [-0.39, 0.29) is 23.2 Å². The number of carboxylic acid groups (broad SMARTS) is 1. The minimum absolute atomic E-state index is 0.0320. The molecule has 0 spiro atoms. The first-order chi connectivity index (χ1) is 20.3. The van der Waals surface area contributed by atoms with Crippen LogP contribution in [0.3, 0.4) is 0 Å². The highest BCUT2D eigenvalue weighted by Crippen LogP contribution is 2.34. The van der Waals surface area contributed by atoms with E-state index >= 15 is 0 Å². The van der Waals surface area contributed by atoms with E-state index < -0.39 is 12.1 Å². The molecule has 0 aliphatic carbocycles. The number of hydrogen-bond acceptors (Lipinski definition) is 8. The van der Waals surface area contributed by atoms with Crippen molar-refractivity contribution in [2.45, 2.75) is 44.4 Å². The Bertz CT molecular complexity index is 1710. The summed E-state index contributed by atoms with van der Waals surface area (Å²) in [6.07, 6.45) is -3.56. The van der Waals surface area contributed by atoms with Crippen LogP contribution in [0.5, 0.6) is 0 Å². The summed E-state index contributed by atoms with van der Waals surface area (Å²) in [5.41, 5.74) is 4.98. The average molecular weight is 619 g/mol. The van der Waals surface area contributed by atoms with Crippen molar-refractivity contribution >= 4 is 50.8 Å². The number of rotatable bonds is 5. The van der Waals surface area contributed by atoms with Crippen molar-refractivity contribution in [3.05, 3.63) is 69.1 Å². The third-order valence-corrected chi connectivity index (χ3v) is 8.01. The van der Waals surface area contributed by atoms with Gasteiger partial charge in [-0.05, 0) is 56.2 Å². The molecule has 2 aromatic heterocycles. The first-order valence-corrected chi connectivity index (χ1v) is 14.1. The van der Waals surface area contributed by atoms with Crippen LogP contribution in [0.4, 0.5) is 29.7 Å². The second-order valence-corrected chi connectivity index (χ2v) is 11.9. The lowest BCUT2D eigenvalue weighted by Crippen LogP contribution is -2.48.